The molecule has 1 aliphatic carbocycles. The summed E-state index contributed by atoms with van der Waals surface area (Å²) in [6, 6.07) is 17.5. The van der Waals surface area contributed by atoms with Gasteiger partial charge in [-0.15, -0.1) is 10.2 Å². The van der Waals surface area contributed by atoms with Crippen LogP contribution >= 0.6 is 0 Å². The molecular formula is C31H28FN5O2. The van der Waals surface area contributed by atoms with Gasteiger partial charge in [-0.2, -0.15) is 5.10 Å². The SMILES string of the molecule is COc1cccc(F)c1CN1CCC[C@@H](c2nnc(-c3ccc4[nH]nc(-c5ccc6c(c5)C=CC6)c4c3)o2)C1. The van der Waals surface area contributed by atoms with Crippen LogP contribution in [-0.2, 0) is 13.0 Å². The highest BCUT2D eigenvalue weighted by Crippen LogP contribution is 2.34. The highest BCUT2D eigenvalue weighted by atomic mass is 19.1. The summed E-state index contributed by atoms with van der Waals surface area (Å²) in [7, 11) is 1.57. The second kappa shape index (κ2) is 9.78. The molecule has 0 bridgehead atoms. The quantitative estimate of drug-likeness (QED) is 0.279. The molecule has 1 aliphatic heterocycles. The van der Waals surface area contributed by atoms with Crippen LogP contribution in [0.1, 0.15) is 41.3 Å². The Morgan fingerprint density at radius 3 is 2.95 bits per heavy atom. The van der Waals surface area contributed by atoms with Gasteiger partial charge >= 0.3 is 0 Å². The summed E-state index contributed by atoms with van der Waals surface area (Å²) < 4.78 is 26.1. The van der Waals surface area contributed by atoms with E-state index in [1.165, 1.54) is 17.2 Å². The van der Waals surface area contributed by atoms with Crippen LogP contribution < -0.4 is 4.74 Å². The van der Waals surface area contributed by atoms with E-state index in [-0.39, 0.29) is 11.7 Å². The number of H-pyrrole nitrogens is 1. The molecule has 1 atom stereocenters. The normalized spacial score (nSPS) is 17.1. The van der Waals surface area contributed by atoms with Gasteiger partial charge in [-0.3, -0.25) is 10.00 Å². The number of methoxy groups -OCH3 is 1. The largest absolute Gasteiger partial charge is 0.496 e. The maximum absolute atomic E-state index is 14.5. The predicted molar refractivity (Wildman–Crippen MR) is 148 cm³/mol. The summed E-state index contributed by atoms with van der Waals surface area (Å²) in [6.07, 6.45) is 7.25. The molecule has 3 aromatic carbocycles. The average Bonchev–Trinajstić information content (AvgIpc) is 3.73. The fourth-order valence-electron chi connectivity index (χ4n) is 5.79. The van der Waals surface area contributed by atoms with Gasteiger partial charge in [0, 0.05) is 35.2 Å². The third-order valence-corrected chi connectivity index (χ3v) is 7.84. The second-order valence-electron chi connectivity index (χ2n) is 10.3. The van der Waals surface area contributed by atoms with Crippen LogP contribution in [0.15, 0.2) is 65.1 Å². The van der Waals surface area contributed by atoms with Crippen molar-refractivity contribution < 1.29 is 13.5 Å². The van der Waals surface area contributed by atoms with Crippen molar-refractivity contribution in [3.8, 4) is 28.5 Å². The van der Waals surface area contributed by atoms with Gasteiger partial charge in [0.25, 0.3) is 0 Å². The van der Waals surface area contributed by atoms with Gasteiger partial charge in [0.1, 0.15) is 11.6 Å². The van der Waals surface area contributed by atoms with E-state index >= 15 is 0 Å². The molecule has 39 heavy (non-hydrogen) atoms. The Morgan fingerprint density at radius 2 is 2.03 bits per heavy atom. The van der Waals surface area contributed by atoms with Crippen molar-refractivity contribution in [1.82, 2.24) is 25.3 Å². The van der Waals surface area contributed by atoms with Crippen molar-refractivity contribution in [2.45, 2.75) is 31.7 Å². The van der Waals surface area contributed by atoms with Crippen molar-refractivity contribution in [3.05, 3.63) is 89.1 Å². The number of ether oxygens (including phenoxy) is 1. The molecule has 0 spiro atoms. The monoisotopic (exact) mass is 521 g/mol. The maximum Gasteiger partial charge on any atom is 0.247 e. The van der Waals surface area contributed by atoms with E-state index in [4.69, 9.17) is 9.15 Å². The molecule has 196 valence electrons. The van der Waals surface area contributed by atoms with Crippen molar-refractivity contribution in [1.29, 1.82) is 0 Å². The van der Waals surface area contributed by atoms with Crippen LogP contribution in [0.3, 0.4) is 0 Å². The zero-order valence-corrected chi connectivity index (χ0v) is 21.7. The third-order valence-electron chi connectivity index (χ3n) is 7.84. The third kappa shape index (κ3) is 4.40. The van der Waals surface area contributed by atoms with Crippen LogP contribution in [0, 0.1) is 5.82 Å². The number of aromatic amines is 1. The molecule has 0 unspecified atom stereocenters. The van der Waals surface area contributed by atoms with Gasteiger partial charge in [-0.1, -0.05) is 30.4 Å². The van der Waals surface area contributed by atoms with Gasteiger partial charge in [0.2, 0.25) is 11.8 Å². The van der Waals surface area contributed by atoms with Crippen LogP contribution in [0.5, 0.6) is 5.75 Å². The fraction of sp³-hybridized carbons (Fsp3) is 0.258. The fourth-order valence-corrected chi connectivity index (χ4v) is 5.79. The lowest BCUT2D eigenvalue weighted by atomic mass is 9.97. The van der Waals surface area contributed by atoms with Gasteiger partial charge in [0.05, 0.1) is 24.2 Å². The van der Waals surface area contributed by atoms with Crippen molar-refractivity contribution >= 4 is 17.0 Å². The number of allylic oxidation sites excluding steroid dienone is 1. The number of fused-ring (bicyclic) bond motifs is 2. The maximum atomic E-state index is 14.5. The number of rotatable bonds is 6. The summed E-state index contributed by atoms with van der Waals surface area (Å²) in [5, 5.41) is 17.6. The number of likely N-dealkylation sites (tertiary alicyclic amines) is 1. The lowest BCUT2D eigenvalue weighted by Gasteiger charge is -2.31. The molecule has 7 nitrogen and oxygen atoms in total. The Labute approximate surface area is 225 Å². The molecule has 0 saturated carbocycles. The first-order valence-corrected chi connectivity index (χ1v) is 13.3. The van der Waals surface area contributed by atoms with Gasteiger partial charge < -0.3 is 9.15 Å². The molecule has 8 heteroatoms. The molecule has 2 aromatic heterocycles. The molecule has 1 N–H and O–H groups in total. The molecular weight excluding hydrogens is 493 g/mol. The van der Waals surface area contributed by atoms with E-state index in [1.807, 2.05) is 12.1 Å². The minimum Gasteiger partial charge on any atom is -0.496 e. The van der Waals surface area contributed by atoms with E-state index in [0.29, 0.717) is 29.6 Å². The summed E-state index contributed by atoms with van der Waals surface area (Å²) in [5.41, 5.74) is 6.95. The summed E-state index contributed by atoms with van der Waals surface area (Å²) in [4.78, 5) is 2.23. The summed E-state index contributed by atoms with van der Waals surface area (Å²) in [5.74, 6) is 1.52. The molecule has 0 amide bonds. The average molecular weight is 522 g/mol. The Bertz CT molecular complexity index is 1700. The van der Waals surface area contributed by atoms with Crippen LogP contribution in [-0.4, -0.2) is 45.5 Å². The number of nitrogens with one attached hydrogen (secondary N) is 1. The molecule has 3 heterocycles. The number of hydrogen-bond acceptors (Lipinski definition) is 6. The molecule has 5 aromatic rings. The highest BCUT2D eigenvalue weighted by molar-refractivity contribution is 5.95. The van der Waals surface area contributed by atoms with Crippen LogP contribution in [0.25, 0.3) is 39.7 Å². The number of benzene rings is 3. The lowest BCUT2D eigenvalue weighted by Crippen LogP contribution is -2.34. The van der Waals surface area contributed by atoms with E-state index in [9.17, 15) is 4.39 Å². The van der Waals surface area contributed by atoms with Crippen molar-refractivity contribution in [2.24, 2.45) is 0 Å². The van der Waals surface area contributed by atoms with Crippen molar-refractivity contribution in [3.63, 3.8) is 0 Å². The van der Waals surface area contributed by atoms with Crippen LogP contribution in [0.2, 0.25) is 0 Å². The summed E-state index contributed by atoms with van der Waals surface area (Å²) in [6.45, 7) is 2.08. The second-order valence-corrected chi connectivity index (χ2v) is 10.3. The highest BCUT2D eigenvalue weighted by Gasteiger charge is 2.27. The van der Waals surface area contributed by atoms with Gasteiger partial charge in [0.15, 0.2) is 0 Å². The lowest BCUT2D eigenvalue weighted by molar-refractivity contribution is 0.182. The molecule has 2 aliphatic rings. The number of piperidine rings is 1. The topological polar surface area (TPSA) is 80.1 Å². The smallest absolute Gasteiger partial charge is 0.247 e. The standard InChI is InChI=1S/C31H28FN5O2/c1-38-28-9-3-8-26(32)25(28)18-37-14-4-7-23(17-37)31-36-35-30(39-31)22-12-13-27-24(16-22)29(34-33-27)21-11-10-19-5-2-6-20(19)15-21/h2-3,6,8-13,15-16,23H,4-5,7,14,17-18H2,1H3,(H,33,34)/t23-/m1/s1. The van der Waals surface area contributed by atoms with Gasteiger partial charge in [-0.25, -0.2) is 4.39 Å². The molecule has 1 fully saturated rings. The number of nitrogens with zero attached hydrogens (tertiary/aromatic N) is 4. The Balaban J connectivity index is 1.13. The van der Waals surface area contributed by atoms with Crippen molar-refractivity contribution in [2.75, 3.05) is 20.2 Å². The van der Waals surface area contributed by atoms with Crippen LogP contribution in [0.4, 0.5) is 4.39 Å². The summed E-state index contributed by atoms with van der Waals surface area (Å²) >= 11 is 0. The zero-order chi connectivity index (χ0) is 26.3. The van der Waals surface area contributed by atoms with E-state index in [0.717, 1.165) is 60.1 Å². The zero-order valence-electron chi connectivity index (χ0n) is 21.7. The van der Waals surface area contributed by atoms with E-state index in [1.54, 1.807) is 19.2 Å². The Kier molecular flexibility index (Phi) is 5.97. The Morgan fingerprint density at radius 1 is 1.10 bits per heavy atom. The number of aromatic nitrogens is 4. The number of hydrogen-bond donors (Lipinski definition) is 1. The van der Waals surface area contributed by atoms with E-state index in [2.05, 4.69) is 61.7 Å². The first-order chi connectivity index (χ1) is 19.2. The predicted octanol–water partition coefficient (Wildman–Crippen LogP) is 6.38. The molecule has 7 rings (SSSR count). The van der Waals surface area contributed by atoms with E-state index < -0.39 is 0 Å². The Hall–Kier alpha value is -4.30. The van der Waals surface area contributed by atoms with Gasteiger partial charge in [-0.05, 0) is 73.3 Å². The minimum atomic E-state index is -0.248. The molecule has 1 saturated heterocycles. The number of halogens is 1. The minimum absolute atomic E-state index is 0.0884. The first kappa shape index (κ1) is 23.8. The molecule has 0 radical (unpaired) electrons. The first-order valence-electron chi connectivity index (χ1n) is 13.3.